The Kier molecular flexibility index (Phi) is 8.24. The molecule has 5 heteroatoms. The van der Waals surface area contributed by atoms with Gasteiger partial charge in [0, 0.05) is 45.5 Å². The molecule has 110 valence electrons. The van der Waals surface area contributed by atoms with Crippen molar-refractivity contribution in [1.29, 1.82) is 5.26 Å². The topological polar surface area (TPSA) is 45.5 Å². The van der Waals surface area contributed by atoms with E-state index in [2.05, 4.69) is 11.0 Å². The molecule has 0 heterocycles. The van der Waals surface area contributed by atoms with Crippen LogP contribution in [0.4, 0.5) is 0 Å². The van der Waals surface area contributed by atoms with Crippen molar-refractivity contribution in [1.82, 2.24) is 4.90 Å². The predicted molar refractivity (Wildman–Crippen MR) is 79.8 cm³/mol. The lowest BCUT2D eigenvalue weighted by Crippen LogP contribution is -2.28. The van der Waals surface area contributed by atoms with Crippen LogP contribution < -0.4 is 0 Å². The lowest BCUT2D eigenvalue weighted by atomic mass is 10.1. The first kappa shape index (κ1) is 16.9. The van der Waals surface area contributed by atoms with Crippen LogP contribution in [0, 0.1) is 11.3 Å². The Balaban J connectivity index is 2.65. The molecular weight excluding hydrogens is 276 g/mol. The molecule has 0 aliphatic heterocycles. The van der Waals surface area contributed by atoms with Crippen LogP contribution in [-0.4, -0.2) is 45.4 Å². The number of hydrogen-bond acceptors (Lipinski definition) is 4. The van der Waals surface area contributed by atoms with E-state index in [0.29, 0.717) is 17.2 Å². The van der Waals surface area contributed by atoms with E-state index >= 15 is 0 Å². The van der Waals surface area contributed by atoms with Crippen LogP contribution in [0.15, 0.2) is 18.2 Å². The first-order valence-corrected chi connectivity index (χ1v) is 6.97. The summed E-state index contributed by atoms with van der Waals surface area (Å²) in [7, 11) is 3.40. The zero-order chi connectivity index (χ0) is 14.8. The summed E-state index contributed by atoms with van der Waals surface area (Å²) in [6.45, 7) is 3.94. The Morgan fingerprint density at radius 3 is 2.55 bits per heavy atom. The second-order valence-electron chi connectivity index (χ2n) is 4.53. The van der Waals surface area contributed by atoms with E-state index in [-0.39, 0.29) is 0 Å². The molecule has 0 saturated carbocycles. The van der Waals surface area contributed by atoms with E-state index in [0.717, 1.165) is 38.2 Å². The minimum atomic E-state index is 0.585. The van der Waals surface area contributed by atoms with Gasteiger partial charge in [-0.3, -0.25) is 4.90 Å². The SMILES string of the molecule is COCCCN(CCOC)Cc1ccc(C#N)cc1Cl. The van der Waals surface area contributed by atoms with E-state index < -0.39 is 0 Å². The molecular formula is C15H21ClN2O2. The zero-order valence-electron chi connectivity index (χ0n) is 12.1. The van der Waals surface area contributed by atoms with Crippen molar-refractivity contribution in [3.63, 3.8) is 0 Å². The number of halogens is 1. The van der Waals surface area contributed by atoms with Crippen LogP contribution in [0.25, 0.3) is 0 Å². The number of hydrogen-bond donors (Lipinski definition) is 0. The molecule has 4 nitrogen and oxygen atoms in total. The van der Waals surface area contributed by atoms with E-state index in [1.54, 1.807) is 26.4 Å². The summed E-state index contributed by atoms with van der Waals surface area (Å²) < 4.78 is 10.2. The van der Waals surface area contributed by atoms with Gasteiger partial charge in [-0.2, -0.15) is 5.26 Å². The monoisotopic (exact) mass is 296 g/mol. The Morgan fingerprint density at radius 2 is 1.95 bits per heavy atom. The molecule has 0 aromatic heterocycles. The number of benzene rings is 1. The van der Waals surface area contributed by atoms with Crippen LogP contribution in [0.5, 0.6) is 0 Å². The third-order valence-electron chi connectivity index (χ3n) is 3.01. The average Bonchev–Trinajstić information content (AvgIpc) is 2.46. The van der Waals surface area contributed by atoms with Crippen molar-refractivity contribution < 1.29 is 9.47 Å². The van der Waals surface area contributed by atoms with Crippen molar-refractivity contribution in [2.24, 2.45) is 0 Å². The quantitative estimate of drug-likeness (QED) is 0.657. The van der Waals surface area contributed by atoms with Gasteiger partial charge in [-0.05, 0) is 24.1 Å². The largest absolute Gasteiger partial charge is 0.385 e. The molecule has 1 rings (SSSR count). The summed E-state index contributed by atoms with van der Waals surface area (Å²) in [5.41, 5.74) is 1.61. The summed E-state index contributed by atoms with van der Waals surface area (Å²) in [4.78, 5) is 2.27. The number of nitriles is 1. The maximum atomic E-state index is 8.84. The fourth-order valence-corrected chi connectivity index (χ4v) is 2.15. The molecule has 0 fully saturated rings. The summed E-state index contributed by atoms with van der Waals surface area (Å²) in [5, 5.41) is 9.48. The lowest BCUT2D eigenvalue weighted by molar-refractivity contribution is 0.129. The Morgan fingerprint density at radius 1 is 1.20 bits per heavy atom. The van der Waals surface area contributed by atoms with Gasteiger partial charge < -0.3 is 9.47 Å². The van der Waals surface area contributed by atoms with Crippen molar-refractivity contribution in [3.05, 3.63) is 34.3 Å². The summed E-state index contributed by atoms with van der Waals surface area (Å²) in [6.07, 6.45) is 0.966. The van der Waals surface area contributed by atoms with E-state index in [1.165, 1.54) is 0 Å². The zero-order valence-corrected chi connectivity index (χ0v) is 12.8. The van der Waals surface area contributed by atoms with E-state index in [9.17, 15) is 0 Å². The van der Waals surface area contributed by atoms with Crippen molar-refractivity contribution >= 4 is 11.6 Å². The maximum Gasteiger partial charge on any atom is 0.0992 e. The number of rotatable bonds is 9. The first-order chi connectivity index (χ1) is 9.71. The highest BCUT2D eigenvalue weighted by Gasteiger charge is 2.09. The summed E-state index contributed by atoms with van der Waals surface area (Å²) in [6, 6.07) is 7.51. The molecule has 0 aliphatic rings. The van der Waals surface area contributed by atoms with Gasteiger partial charge in [0.25, 0.3) is 0 Å². The average molecular weight is 297 g/mol. The molecule has 0 atom stereocenters. The summed E-state index contributed by atoms with van der Waals surface area (Å²) in [5.74, 6) is 0. The highest BCUT2D eigenvalue weighted by molar-refractivity contribution is 6.31. The van der Waals surface area contributed by atoms with Gasteiger partial charge in [-0.25, -0.2) is 0 Å². The third kappa shape index (κ3) is 5.89. The van der Waals surface area contributed by atoms with Gasteiger partial charge in [0.1, 0.15) is 0 Å². The molecule has 0 saturated heterocycles. The van der Waals surface area contributed by atoms with E-state index in [4.69, 9.17) is 26.3 Å². The second kappa shape index (κ2) is 9.73. The fourth-order valence-electron chi connectivity index (χ4n) is 1.91. The smallest absolute Gasteiger partial charge is 0.0992 e. The molecule has 1 aromatic carbocycles. The highest BCUT2D eigenvalue weighted by Crippen LogP contribution is 2.19. The molecule has 0 N–H and O–H groups in total. The minimum Gasteiger partial charge on any atom is -0.385 e. The highest BCUT2D eigenvalue weighted by atomic mass is 35.5. The predicted octanol–water partition coefficient (Wildman–Crippen LogP) is 2.70. The summed E-state index contributed by atoms with van der Waals surface area (Å²) >= 11 is 6.21. The Labute approximate surface area is 125 Å². The van der Waals surface area contributed by atoms with Crippen LogP contribution in [-0.2, 0) is 16.0 Å². The molecule has 0 amide bonds. The third-order valence-corrected chi connectivity index (χ3v) is 3.36. The van der Waals surface area contributed by atoms with Gasteiger partial charge in [0.05, 0.1) is 18.2 Å². The molecule has 0 bridgehead atoms. The van der Waals surface area contributed by atoms with Gasteiger partial charge in [0.15, 0.2) is 0 Å². The number of methoxy groups -OCH3 is 2. The van der Waals surface area contributed by atoms with Gasteiger partial charge in [0.2, 0.25) is 0 Å². The minimum absolute atomic E-state index is 0.585. The second-order valence-corrected chi connectivity index (χ2v) is 4.94. The van der Waals surface area contributed by atoms with Crippen molar-refractivity contribution in [2.45, 2.75) is 13.0 Å². The molecule has 20 heavy (non-hydrogen) atoms. The number of nitrogens with zero attached hydrogens (tertiary/aromatic N) is 2. The fraction of sp³-hybridized carbons (Fsp3) is 0.533. The molecule has 0 aliphatic carbocycles. The lowest BCUT2D eigenvalue weighted by Gasteiger charge is -2.22. The van der Waals surface area contributed by atoms with Gasteiger partial charge in [-0.1, -0.05) is 17.7 Å². The molecule has 0 unspecified atom stereocenters. The number of ether oxygens (including phenoxy) is 2. The van der Waals surface area contributed by atoms with Gasteiger partial charge >= 0.3 is 0 Å². The normalized spacial score (nSPS) is 10.8. The van der Waals surface area contributed by atoms with Crippen molar-refractivity contribution in [2.75, 3.05) is 40.5 Å². The van der Waals surface area contributed by atoms with Crippen LogP contribution in [0.1, 0.15) is 17.5 Å². The molecule has 0 radical (unpaired) electrons. The standard InChI is InChI=1S/C15H21ClN2O2/c1-19-8-3-6-18(7-9-20-2)12-14-5-4-13(11-17)10-15(14)16/h4-5,10H,3,6-9,12H2,1-2H3. The van der Waals surface area contributed by atoms with Crippen LogP contribution in [0.3, 0.4) is 0 Å². The van der Waals surface area contributed by atoms with Gasteiger partial charge in [-0.15, -0.1) is 0 Å². The first-order valence-electron chi connectivity index (χ1n) is 6.60. The molecule has 0 spiro atoms. The maximum absolute atomic E-state index is 8.84. The van der Waals surface area contributed by atoms with Crippen LogP contribution in [0.2, 0.25) is 5.02 Å². The Bertz CT molecular complexity index is 446. The van der Waals surface area contributed by atoms with E-state index in [1.807, 2.05) is 6.07 Å². The van der Waals surface area contributed by atoms with Crippen molar-refractivity contribution in [3.8, 4) is 6.07 Å². The van der Waals surface area contributed by atoms with Crippen LogP contribution >= 0.6 is 11.6 Å². The Hall–Kier alpha value is -1.12. The molecule has 1 aromatic rings.